The summed E-state index contributed by atoms with van der Waals surface area (Å²) in [6.07, 6.45) is 4.47. The van der Waals surface area contributed by atoms with Crippen molar-refractivity contribution >= 4 is 17.5 Å². The van der Waals surface area contributed by atoms with Crippen LogP contribution in [0.3, 0.4) is 0 Å². The second-order valence-corrected chi connectivity index (χ2v) is 5.57. The first-order chi connectivity index (χ1) is 7.83. The van der Waals surface area contributed by atoms with Gasteiger partial charge in [0.05, 0.1) is 6.20 Å². The van der Waals surface area contributed by atoms with E-state index in [0.29, 0.717) is 0 Å². The fourth-order valence-corrected chi connectivity index (χ4v) is 1.61. The molecule has 1 rings (SSSR count). The van der Waals surface area contributed by atoms with E-state index in [2.05, 4.69) is 17.3 Å². The molecule has 17 heavy (non-hydrogen) atoms. The fraction of sp³-hybridized carbons (Fsp3) is 0.667. The zero-order chi connectivity index (χ0) is 13.1. The first-order valence-electron chi connectivity index (χ1n) is 5.82. The summed E-state index contributed by atoms with van der Waals surface area (Å²) in [6, 6.07) is 0. The lowest BCUT2D eigenvalue weighted by Gasteiger charge is -2.22. The van der Waals surface area contributed by atoms with Crippen molar-refractivity contribution in [2.75, 3.05) is 0 Å². The number of nitrogens with zero attached hydrogens (tertiary/aromatic N) is 2. The molecule has 96 valence electrons. The normalized spacial score (nSPS) is 13.5. The first-order valence-corrected chi connectivity index (χ1v) is 6.25. The number of hydrogen-bond donors (Lipinski definition) is 1. The molecular formula is C12H20ClN3O. The summed E-state index contributed by atoms with van der Waals surface area (Å²) in [5.41, 5.74) is 0.464. The highest BCUT2D eigenvalue weighted by Crippen LogP contribution is 2.21. The van der Waals surface area contributed by atoms with Crippen LogP contribution in [0.5, 0.6) is 0 Å². The molecule has 1 N–H and O–H groups in total. The van der Waals surface area contributed by atoms with Gasteiger partial charge in [-0.2, -0.15) is 5.10 Å². The molecule has 0 aromatic carbocycles. The average molecular weight is 258 g/mol. The Bertz CT molecular complexity index is 381. The van der Waals surface area contributed by atoms with Gasteiger partial charge in [-0.05, 0) is 27.2 Å². The van der Waals surface area contributed by atoms with Crippen molar-refractivity contribution in [2.24, 2.45) is 0 Å². The molecule has 1 heterocycles. The van der Waals surface area contributed by atoms with Crippen LogP contribution in [0.1, 0.15) is 45.1 Å². The van der Waals surface area contributed by atoms with Crippen molar-refractivity contribution in [3.05, 3.63) is 18.0 Å². The van der Waals surface area contributed by atoms with Crippen LogP contribution in [0, 0.1) is 0 Å². The fourth-order valence-electron chi connectivity index (χ4n) is 1.45. The van der Waals surface area contributed by atoms with Crippen molar-refractivity contribution in [1.29, 1.82) is 0 Å². The summed E-state index contributed by atoms with van der Waals surface area (Å²) >= 11 is 6.11. The molecule has 1 atom stereocenters. The lowest BCUT2D eigenvalue weighted by Crippen LogP contribution is -2.42. The minimum absolute atomic E-state index is 0.185. The maximum absolute atomic E-state index is 11.8. The molecule has 5 heteroatoms. The van der Waals surface area contributed by atoms with Crippen molar-refractivity contribution in [2.45, 2.75) is 51.6 Å². The first kappa shape index (κ1) is 14.0. The summed E-state index contributed by atoms with van der Waals surface area (Å²) in [4.78, 5) is 11.8. The van der Waals surface area contributed by atoms with Crippen LogP contribution in [0.25, 0.3) is 0 Å². The molecule has 0 fully saturated rings. The Morgan fingerprint density at radius 3 is 2.76 bits per heavy atom. The van der Waals surface area contributed by atoms with Crippen LogP contribution in [0.15, 0.2) is 12.4 Å². The van der Waals surface area contributed by atoms with E-state index in [1.165, 1.54) is 0 Å². The van der Waals surface area contributed by atoms with Crippen LogP contribution in [0.2, 0.25) is 0 Å². The lowest BCUT2D eigenvalue weighted by molar-refractivity contribution is -0.122. The number of rotatable bonds is 4. The Morgan fingerprint density at radius 1 is 1.59 bits per heavy atom. The van der Waals surface area contributed by atoms with Gasteiger partial charge in [0.25, 0.3) is 0 Å². The zero-order valence-corrected chi connectivity index (χ0v) is 11.6. The standard InChI is InChI=1S/C12H20ClN3O/c1-5-6-16-8-9(7-14-16)10(13)11(17)15-12(2,3)4/h7-8,10H,5-6H2,1-4H3,(H,15,17). The quantitative estimate of drug-likeness (QED) is 0.843. The van der Waals surface area contributed by atoms with E-state index < -0.39 is 5.38 Å². The lowest BCUT2D eigenvalue weighted by atomic mass is 10.1. The molecule has 4 nitrogen and oxygen atoms in total. The molecular weight excluding hydrogens is 238 g/mol. The van der Waals surface area contributed by atoms with E-state index in [4.69, 9.17) is 11.6 Å². The molecule has 0 spiro atoms. The molecule has 0 bridgehead atoms. The highest BCUT2D eigenvalue weighted by atomic mass is 35.5. The molecule has 0 aliphatic heterocycles. The van der Waals surface area contributed by atoms with Crippen molar-refractivity contribution < 1.29 is 4.79 Å². The SMILES string of the molecule is CCCn1cc(C(Cl)C(=O)NC(C)(C)C)cn1. The van der Waals surface area contributed by atoms with Gasteiger partial charge < -0.3 is 5.32 Å². The predicted octanol–water partition coefficient (Wildman–Crippen LogP) is 2.49. The molecule has 0 aliphatic carbocycles. The van der Waals surface area contributed by atoms with E-state index >= 15 is 0 Å². The zero-order valence-electron chi connectivity index (χ0n) is 10.8. The Hall–Kier alpha value is -1.03. The third-order valence-electron chi connectivity index (χ3n) is 2.13. The van der Waals surface area contributed by atoms with E-state index in [9.17, 15) is 4.79 Å². The van der Waals surface area contributed by atoms with Crippen LogP contribution >= 0.6 is 11.6 Å². The van der Waals surface area contributed by atoms with Gasteiger partial charge in [0.2, 0.25) is 5.91 Å². The van der Waals surface area contributed by atoms with Gasteiger partial charge in [0, 0.05) is 23.8 Å². The Morgan fingerprint density at radius 2 is 2.24 bits per heavy atom. The summed E-state index contributed by atoms with van der Waals surface area (Å²) in [6.45, 7) is 8.69. The highest BCUT2D eigenvalue weighted by Gasteiger charge is 2.23. The molecule has 0 aliphatic rings. The molecule has 0 radical (unpaired) electrons. The molecule has 1 unspecified atom stereocenters. The number of aromatic nitrogens is 2. The Balaban J connectivity index is 2.68. The maximum Gasteiger partial charge on any atom is 0.243 e. The summed E-state index contributed by atoms with van der Waals surface area (Å²) < 4.78 is 1.80. The molecule has 1 aromatic heterocycles. The topological polar surface area (TPSA) is 46.9 Å². The molecule has 0 saturated heterocycles. The number of halogens is 1. The monoisotopic (exact) mass is 257 g/mol. The van der Waals surface area contributed by atoms with E-state index in [1.54, 1.807) is 10.9 Å². The Labute approximate surface area is 107 Å². The largest absolute Gasteiger partial charge is 0.350 e. The number of alkyl halides is 1. The number of carbonyl (C=O) groups is 1. The van der Waals surface area contributed by atoms with Crippen molar-refractivity contribution in [1.82, 2.24) is 15.1 Å². The third kappa shape index (κ3) is 4.38. The smallest absolute Gasteiger partial charge is 0.243 e. The van der Waals surface area contributed by atoms with Gasteiger partial charge in [-0.15, -0.1) is 11.6 Å². The third-order valence-corrected chi connectivity index (χ3v) is 2.58. The second-order valence-electron chi connectivity index (χ2n) is 5.14. The van der Waals surface area contributed by atoms with Crippen molar-refractivity contribution in [3.8, 4) is 0 Å². The van der Waals surface area contributed by atoms with Gasteiger partial charge in [0.15, 0.2) is 0 Å². The van der Waals surface area contributed by atoms with Crippen LogP contribution in [-0.2, 0) is 11.3 Å². The van der Waals surface area contributed by atoms with Gasteiger partial charge in [-0.25, -0.2) is 0 Å². The van der Waals surface area contributed by atoms with E-state index in [0.717, 1.165) is 18.5 Å². The minimum Gasteiger partial charge on any atom is -0.350 e. The summed E-state index contributed by atoms with van der Waals surface area (Å²) in [5.74, 6) is -0.185. The summed E-state index contributed by atoms with van der Waals surface area (Å²) in [5, 5.41) is 6.33. The second kappa shape index (κ2) is 5.54. The summed E-state index contributed by atoms with van der Waals surface area (Å²) in [7, 11) is 0. The average Bonchev–Trinajstić information content (AvgIpc) is 2.63. The number of aryl methyl sites for hydroxylation is 1. The van der Waals surface area contributed by atoms with Crippen molar-refractivity contribution in [3.63, 3.8) is 0 Å². The molecule has 1 amide bonds. The van der Waals surface area contributed by atoms with E-state index in [-0.39, 0.29) is 11.4 Å². The minimum atomic E-state index is -0.681. The molecule has 1 aromatic rings. The van der Waals surface area contributed by atoms with Gasteiger partial charge in [-0.3, -0.25) is 9.48 Å². The maximum atomic E-state index is 11.8. The molecule has 0 saturated carbocycles. The number of amides is 1. The van der Waals surface area contributed by atoms with E-state index in [1.807, 2.05) is 27.0 Å². The van der Waals surface area contributed by atoms with Gasteiger partial charge in [-0.1, -0.05) is 6.92 Å². The number of hydrogen-bond acceptors (Lipinski definition) is 2. The number of carbonyl (C=O) groups excluding carboxylic acids is 1. The van der Waals surface area contributed by atoms with Gasteiger partial charge >= 0.3 is 0 Å². The Kier molecular flexibility index (Phi) is 4.57. The predicted molar refractivity (Wildman–Crippen MR) is 69.0 cm³/mol. The van der Waals surface area contributed by atoms with Gasteiger partial charge in [0.1, 0.15) is 5.38 Å². The van der Waals surface area contributed by atoms with Crippen LogP contribution in [-0.4, -0.2) is 21.2 Å². The van der Waals surface area contributed by atoms with Crippen LogP contribution < -0.4 is 5.32 Å². The highest BCUT2D eigenvalue weighted by molar-refractivity contribution is 6.30. The van der Waals surface area contributed by atoms with Crippen LogP contribution in [0.4, 0.5) is 0 Å². The number of nitrogens with one attached hydrogen (secondary N) is 1.